The molecule has 2 heterocycles. The van der Waals surface area contributed by atoms with Gasteiger partial charge >= 0.3 is 5.97 Å². The van der Waals surface area contributed by atoms with Crippen molar-refractivity contribution in [2.75, 3.05) is 39.2 Å². The Kier molecular flexibility index (Phi) is 14.2. The Morgan fingerprint density at radius 2 is 1.70 bits per heavy atom. The summed E-state index contributed by atoms with van der Waals surface area (Å²) in [5.74, 6) is 0.155. The minimum atomic E-state index is -0.706. The van der Waals surface area contributed by atoms with Crippen molar-refractivity contribution in [1.29, 1.82) is 10.5 Å². The van der Waals surface area contributed by atoms with Crippen LogP contribution in [0.15, 0.2) is 58.9 Å². The van der Waals surface area contributed by atoms with E-state index in [9.17, 15) is 20.1 Å². The van der Waals surface area contributed by atoms with Crippen molar-refractivity contribution in [2.24, 2.45) is 11.7 Å². The zero-order valence-electron chi connectivity index (χ0n) is 28.2. The Balaban J connectivity index is 1.60. The molecule has 2 aromatic heterocycles. The van der Waals surface area contributed by atoms with E-state index in [0.717, 1.165) is 22.8 Å². The predicted octanol–water partition coefficient (Wildman–Crippen LogP) is 6.75. The van der Waals surface area contributed by atoms with Crippen molar-refractivity contribution in [3.05, 3.63) is 75.8 Å². The van der Waals surface area contributed by atoms with Crippen LogP contribution in [0.4, 0.5) is 5.82 Å². The van der Waals surface area contributed by atoms with Gasteiger partial charge in [0.05, 0.1) is 11.3 Å². The van der Waals surface area contributed by atoms with E-state index in [1.54, 1.807) is 24.3 Å². The van der Waals surface area contributed by atoms with Crippen LogP contribution in [0.2, 0.25) is 5.02 Å². The first-order valence-corrected chi connectivity index (χ1v) is 18.1. The highest BCUT2D eigenvalue weighted by atomic mass is 35.5. The largest absolute Gasteiger partial charge is 0.490 e. The van der Waals surface area contributed by atoms with Gasteiger partial charge in [0.25, 0.3) is 0 Å². The number of thiazole rings is 1. The molecule has 0 spiro atoms. The number of aromatic nitrogens is 2. The number of nitrogens with one attached hydrogen (secondary N) is 1. The quantitative estimate of drug-likeness (QED) is 0.0711. The summed E-state index contributed by atoms with van der Waals surface area (Å²) in [6.45, 7) is 4.54. The molecule has 4 aromatic rings. The molecule has 1 atom stereocenters. The fourth-order valence-electron chi connectivity index (χ4n) is 4.64. The molecule has 3 N–H and O–H groups in total. The highest BCUT2D eigenvalue weighted by Gasteiger charge is 2.24. The number of rotatable bonds is 16. The highest BCUT2D eigenvalue weighted by Crippen LogP contribution is 2.38. The van der Waals surface area contributed by atoms with E-state index in [1.165, 1.54) is 23.1 Å². The van der Waals surface area contributed by atoms with Crippen molar-refractivity contribution in [1.82, 2.24) is 14.9 Å². The summed E-state index contributed by atoms with van der Waals surface area (Å²) in [6, 6.07) is 18.0. The fraction of sp³-hybridized carbons (Fsp3) is 0.333. The maximum absolute atomic E-state index is 13.0. The van der Waals surface area contributed by atoms with E-state index in [2.05, 4.69) is 22.4 Å². The molecule has 14 heteroatoms. The van der Waals surface area contributed by atoms with E-state index >= 15 is 0 Å². The zero-order valence-corrected chi connectivity index (χ0v) is 30.6. The number of amides is 1. The van der Waals surface area contributed by atoms with Crippen molar-refractivity contribution in [3.63, 3.8) is 0 Å². The first kappa shape index (κ1) is 38.3. The van der Waals surface area contributed by atoms with Crippen LogP contribution < -0.4 is 15.8 Å². The molecule has 0 aliphatic heterocycles. The van der Waals surface area contributed by atoms with Crippen LogP contribution in [0.1, 0.15) is 43.5 Å². The van der Waals surface area contributed by atoms with Gasteiger partial charge in [-0.05, 0) is 62.8 Å². The van der Waals surface area contributed by atoms with Crippen molar-refractivity contribution in [2.45, 2.75) is 43.5 Å². The van der Waals surface area contributed by atoms with Gasteiger partial charge in [-0.3, -0.25) is 9.59 Å². The van der Waals surface area contributed by atoms with Gasteiger partial charge < -0.3 is 25.4 Å². The van der Waals surface area contributed by atoms with Crippen LogP contribution >= 0.6 is 34.7 Å². The van der Waals surface area contributed by atoms with Crippen molar-refractivity contribution in [3.8, 4) is 39.6 Å². The predicted molar refractivity (Wildman–Crippen MR) is 197 cm³/mol. The molecule has 0 unspecified atom stereocenters. The van der Waals surface area contributed by atoms with E-state index in [1.807, 2.05) is 62.5 Å². The Morgan fingerprint density at radius 1 is 1.02 bits per heavy atom. The second-order valence-corrected chi connectivity index (χ2v) is 14.1. The maximum atomic E-state index is 13.0. The fourth-order valence-corrected chi connectivity index (χ4v) is 6.58. The van der Waals surface area contributed by atoms with Gasteiger partial charge in [-0.1, -0.05) is 61.5 Å². The van der Waals surface area contributed by atoms with E-state index < -0.39 is 12.0 Å². The molecule has 2 aromatic carbocycles. The lowest BCUT2D eigenvalue weighted by Crippen LogP contribution is -2.37. The average molecular weight is 732 g/mol. The Morgan fingerprint density at radius 3 is 2.34 bits per heavy atom. The average Bonchev–Trinajstić information content (AvgIpc) is 3.57. The molecular formula is C36H38ClN7O4S2. The minimum Gasteiger partial charge on any atom is -0.490 e. The number of nitrogens with zero attached hydrogens (tertiary/aromatic N) is 5. The number of esters is 1. The number of pyridine rings is 1. The van der Waals surface area contributed by atoms with Gasteiger partial charge in [-0.15, -0.1) is 11.3 Å². The number of benzene rings is 2. The van der Waals surface area contributed by atoms with Crippen molar-refractivity contribution >= 4 is 52.4 Å². The molecule has 11 nitrogen and oxygen atoms in total. The summed E-state index contributed by atoms with van der Waals surface area (Å²) in [7, 11) is 3.86. The zero-order chi connectivity index (χ0) is 36.2. The molecule has 0 saturated heterocycles. The summed E-state index contributed by atoms with van der Waals surface area (Å²) in [6.07, 6.45) is 0.857. The van der Waals surface area contributed by atoms with Crippen LogP contribution in [0.5, 0.6) is 5.75 Å². The minimum absolute atomic E-state index is 0.0287. The van der Waals surface area contributed by atoms with Gasteiger partial charge in [0.2, 0.25) is 5.91 Å². The molecule has 4 rings (SSSR count). The van der Waals surface area contributed by atoms with Gasteiger partial charge in [-0.25, -0.2) is 9.97 Å². The normalized spacial score (nSPS) is 11.6. The van der Waals surface area contributed by atoms with Crippen LogP contribution in [0.25, 0.3) is 21.7 Å². The van der Waals surface area contributed by atoms with E-state index in [0.29, 0.717) is 39.1 Å². The lowest BCUT2D eigenvalue weighted by atomic mass is 9.96. The summed E-state index contributed by atoms with van der Waals surface area (Å²) >= 11 is 8.83. The number of carbonyl (C=O) groups excluding carboxylic acids is 2. The van der Waals surface area contributed by atoms with Gasteiger partial charge in [0, 0.05) is 33.7 Å². The summed E-state index contributed by atoms with van der Waals surface area (Å²) < 4.78 is 10.9. The first-order valence-electron chi connectivity index (χ1n) is 15.8. The van der Waals surface area contributed by atoms with Crippen LogP contribution in [-0.4, -0.2) is 66.6 Å². The molecule has 0 aliphatic carbocycles. The molecule has 0 bridgehead atoms. The monoisotopic (exact) mass is 731 g/mol. The molecule has 0 radical (unpaired) electrons. The molecule has 0 saturated carbocycles. The summed E-state index contributed by atoms with van der Waals surface area (Å²) in [4.78, 5) is 36.4. The smallest absolute Gasteiger partial charge is 0.323 e. The lowest BCUT2D eigenvalue weighted by molar-refractivity contribution is -0.147. The molecule has 0 fully saturated rings. The standard InChI is InChI=1S/C36H38ClN7O4S2/c1-22(2)32(40)36(46)48-17-16-47-27-13-9-23(10-14-27)31-28(18-38)33(42-30(45)6-5-15-44(3)4)43-35(29(31)19-39)50-21-26-20-49-34(41-26)24-7-11-25(37)12-8-24/h7-14,20,22,32H,5-6,15-17,21,40H2,1-4H3,(H,42,43,45)/t32-/m0/s1. The molecule has 260 valence electrons. The van der Waals surface area contributed by atoms with Crippen molar-refractivity contribution < 1.29 is 19.1 Å². The lowest BCUT2D eigenvalue weighted by Gasteiger charge is -2.16. The number of hydrogen-bond acceptors (Lipinski definition) is 12. The molecule has 50 heavy (non-hydrogen) atoms. The van der Waals surface area contributed by atoms with Gasteiger partial charge in [0.15, 0.2) is 5.82 Å². The van der Waals surface area contributed by atoms with Gasteiger partial charge in [0.1, 0.15) is 52.7 Å². The van der Waals surface area contributed by atoms with Crippen LogP contribution in [0, 0.1) is 28.6 Å². The highest BCUT2D eigenvalue weighted by molar-refractivity contribution is 7.98. The molecule has 1 amide bonds. The molecular weight excluding hydrogens is 694 g/mol. The maximum Gasteiger partial charge on any atom is 0.323 e. The number of hydrogen-bond donors (Lipinski definition) is 2. The Labute approximate surface area is 305 Å². The Hall–Kier alpha value is -4.50. The molecule has 0 aliphatic rings. The third kappa shape index (κ3) is 10.5. The number of nitrogens with two attached hydrogens (primary N) is 1. The third-order valence-corrected chi connectivity index (χ3v) is 9.59. The number of thioether (sulfide) groups is 1. The van der Waals surface area contributed by atoms with E-state index in [4.69, 9.17) is 31.8 Å². The number of carbonyl (C=O) groups is 2. The summed E-state index contributed by atoms with van der Waals surface area (Å²) in [5, 5.41) is 27.3. The topological polar surface area (TPSA) is 167 Å². The van der Waals surface area contributed by atoms with Crippen LogP contribution in [0.3, 0.4) is 0 Å². The number of ether oxygens (including phenoxy) is 2. The second-order valence-electron chi connectivity index (χ2n) is 11.8. The number of halogens is 1. The van der Waals surface area contributed by atoms with Crippen LogP contribution in [-0.2, 0) is 20.1 Å². The second kappa shape index (κ2) is 18.5. The number of nitriles is 2. The van der Waals surface area contributed by atoms with Gasteiger partial charge in [-0.2, -0.15) is 10.5 Å². The number of anilines is 1. The SMILES string of the molecule is CC(C)[C@H](N)C(=O)OCCOc1ccc(-c2c(C#N)c(NC(=O)CCCN(C)C)nc(SCc3csc(-c4ccc(Cl)cc4)n3)c2C#N)cc1. The van der Waals surface area contributed by atoms with E-state index in [-0.39, 0.29) is 48.4 Å². The summed E-state index contributed by atoms with van der Waals surface area (Å²) in [5.41, 5.74) is 8.74. The first-order chi connectivity index (χ1) is 24.0. The third-order valence-electron chi connectivity index (χ3n) is 7.38. The Bertz CT molecular complexity index is 1870.